The zero-order valence-electron chi connectivity index (χ0n) is 10.9. The Morgan fingerprint density at radius 3 is 3.06 bits per heavy atom. The van der Waals surface area contributed by atoms with Crippen LogP contribution in [0.25, 0.3) is 0 Å². The predicted octanol–water partition coefficient (Wildman–Crippen LogP) is 2.42. The zero-order chi connectivity index (χ0) is 12.1. The van der Waals surface area contributed by atoms with Crippen LogP contribution >= 0.6 is 11.3 Å². The average Bonchev–Trinajstić information content (AvgIpc) is 2.74. The Kier molecular flexibility index (Phi) is 4.95. The summed E-state index contributed by atoms with van der Waals surface area (Å²) in [6, 6.07) is 0.744. The molecule has 1 aromatic rings. The van der Waals surface area contributed by atoms with Gasteiger partial charge in [-0.3, -0.25) is 0 Å². The summed E-state index contributed by atoms with van der Waals surface area (Å²) in [5, 5.41) is 3.61. The fourth-order valence-electron chi connectivity index (χ4n) is 2.35. The molecule has 4 heteroatoms. The topological polar surface area (TPSA) is 28.2 Å². The minimum atomic E-state index is 0.744. The Morgan fingerprint density at radius 1 is 1.53 bits per heavy atom. The molecule has 0 aromatic carbocycles. The van der Waals surface area contributed by atoms with Gasteiger partial charge in [-0.2, -0.15) is 0 Å². The largest absolute Gasteiger partial charge is 0.314 e. The van der Waals surface area contributed by atoms with Gasteiger partial charge in [0.25, 0.3) is 0 Å². The molecule has 1 fully saturated rings. The number of rotatable bonds is 5. The van der Waals surface area contributed by atoms with Gasteiger partial charge in [0.15, 0.2) is 0 Å². The van der Waals surface area contributed by atoms with Crippen molar-refractivity contribution >= 4 is 11.3 Å². The number of hydrogen-bond acceptors (Lipinski definition) is 4. The van der Waals surface area contributed by atoms with Crippen molar-refractivity contribution in [3.63, 3.8) is 0 Å². The number of nitrogens with zero attached hydrogens (tertiary/aromatic N) is 2. The van der Waals surface area contributed by atoms with Gasteiger partial charge in [-0.05, 0) is 46.3 Å². The lowest BCUT2D eigenvalue weighted by molar-refractivity contribution is 0.283. The molecule has 1 saturated heterocycles. The maximum Gasteiger partial charge on any atom is 0.0798 e. The molecule has 0 amide bonds. The van der Waals surface area contributed by atoms with Gasteiger partial charge in [0.05, 0.1) is 11.2 Å². The summed E-state index contributed by atoms with van der Waals surface area (Å²) < 4.78 is 0. The molecule has 1 unspecified atom stereocenters. The Labute approximate surface area is 108 Å². The van der Waals surface area contributed by atoms with Crippen LogP contribution in [0.2, 0.25) is 0 Å². The molecule has 1 aliphatic heterocycles. The van der Waals surface area contributed by atoms with E-state index in [1.165, 1.54) is 49.3 Å². The highest BCUT2D eigenvalue weighted by atomic mass is 32.1. The lowest BCUT2D eigenvalue weighted by atomic mass is 10.0. The van der Waals surface area contributed by atoms with Crippen molar-refractivity contribution in [1.82, 2.24) is 15.2 Å². The first-order valence-electron chi connectivity index (χ1n) is 6.56. The first-order valence-corrected chi connectivity index (χ1v) is 7.44. The highest BCUT2D eigenvalue weighted by Crippen LogP contribution is 2.15. The van der Waals surface area contributed by atoms with Gasteiger partial charge < -0.3 is 10.2 Å². The quantitative estimate of drug-likeness (QED) is 0.873. The Bertz CT molecular complexity index is 331. The summed E-state index contributed by atoms with van der Waals surface area (Å²) in [5.41, 5.74) is 3.14. The maximum absolute atomic E-state index is 4.30. The number of nitrogens with one attached hydrogen (secondary N) is 1. The number of thiazole rings is 1. The van der Waals surface area contributed by atoms with E-state index in [1.54, 1.807) is 11.3 Å². The van der Waals surface area contributed by atoms with Gasteiger partial charge in [0.2, 0.25) is 0 Å². The van der Waals surface area contributed by atoms with Crippen LogP contribution in [0.5, 0.6) is 0 Å². The van der Waals surface area contributed by atoms with Crippen LogP contribution in [0.3, 0.4) is 0 Å². The first kappa shape index (κ1) is 13.0. The third kappa shape index (κ3) is 4.05. The van der Waals surface area contributed by atoms with Gasteiger partial charge >= 0.3 is 0 Å². The van der Waals surface area contributed by atoms with Gasteiger partial charge in [0.1, 0.15) is 0 Å². The van der Waals surface area contributed by atoms with Gasteiger partial charge in [0, 0.05) is 17.5 Å². The standard InChI is InChI=1S/C13H23N3S/c1-11-13(17-10-15-11)9-16(2)8-6-12-5-3-4-7-14-12/h10,12,14H,3-9H2,1-2H3. The van der Waals surface area contributed by atoms with Crippen molar-refractivity contribution in [2.75, 3.05) is 20.1 Å². The molecule has 0 aliphatic carbocycles. The molecule has 1 aliphatic rings. The molecule has 2 rings (SSSR count). The van der Waals surface area contributed by atoms with Crippen molar-refractivity contribution in [1.29, 1.82) is 0 Å². The van der Waals surface area contributed by atoms with E-state index in [-0.39, 0.29) is 0 Å². The van der Waals surface area contributed by atoms with Crippen LogP contribution in [-0.2, 0) is 6.54 Å². The Balaban J connectivity index is 1.70. The molecule has 0 saturated carbocycles. The van der Waals surface area contributed by atoms with Gasteiger partial charge in [-0.1, -0.05) is 6.42 Å². The molecule has 1 aromatic heterocycles. The molecule has 0 bridgehead atoms. The number of aromatic nitrogens is 1. The number of piperidine rings is 1. The second kappa shape index (κ2) is 6.47. The molecule has 0 radical (unpaired) electrons. The lowest BCUT2D eigenvalue weighted by Gasteiger charge is -2.25. The van der Waals surface area contributed by atoms with E-state index in [4.69, 9.17) is 0 Å². The third-order valence-corrected chi connectivity index (χ3v) is 4.45. The summed E-state index contributed by atoms with van der Waals surface area (Å²) >= 11 is 1.77. The molecule has 1 N–H and O–H groups in total. The molecule has 3 nitrogen and oxygen atoms in total. The van der Waals surface area contributed by atoms with Crippen LogP contribution in [-0.4, -0.2) is 36.1 Å². The van der Waals surface area contributed by atoms with E-state index in [2.05, 4.69) is 29.2 Å². The maximum atomic E-state index is 4.30. The highest BCUT2D eigenvalue weighted by molar-refractivity contribution is 7.09. The van der Waals surface area contributed by atoms with Crippen molar-refractivity contribution in [2.24, 2.45) is 0 Å². The highest BCUT2D eigenvalue weighted by Gasteiger charge is 2.13. The third-order valence-electron chi connectivity index (χ3n) is 3.53. The van der Waals surface area contributed by atoms with E-state index in [9.17, 15) is 0 Å². The van der Waals surface area contributed by atoms with E-state index < -0.39 is 0 Å². The van der Waals surface area contributed by atoms with Crippen molar-refractivity contribution < 1.29 is 0 Å². The predicted molar refractivity (Wildman–Crippen MR) is 73.4 cm³/mol. The summed E-state index contributed by atoms with van der Waals surface area (Å²) in [7, 11) is 2.21. The lowest BCUT2D eigenvalue weighted by Crippen LogP contribution is -2.36. The second-order valence-electron chi connectivity index (χ2n) is 5.03. The van der Waals surface area contributed by atoms with Crippen molar-refractivity contribution in [3.8, 4) is 0 Å². The van der Waals surface area contributed by atoms with E-state index in [0.717, 1.165) is 12.6 Å². The Morgan fingerprint density at radius 2 is 2.41 bits per heavy atom. The number of aryl methyl sites for hydroxylation is 1. The summed E-state index contributed by atoms with van der Waals surface area (Å²) in [6.45, 7) is 5.53. The molecular weight excluding hydrogens is 230 g/mol. The van der Waals surface area contributed by atoms with Gasteiger partial charge in [-0.25, -0.2) is 4.98 Å². The summed E-state index contributed by atoms with van der Waals surface area (Å²) in [6.07, 6.45) is 5.38. The normalized spacial score (nSPS) is 21.0. The Hall–Kier alpha value is -0.450. The minimum Gasteiger partial charge on any atom is -0.314 e. The van der Waals surface area contributed by atoms with Crippen molar-refractivity contribution in [3.05, 3.63) is 16.1 Å². The fraction of sp³-hybridized carbons (Fsp3) is 0.769. The summed E-state index contributed by atoms with van der Waals surface area (Å²) in [5.74, 6) is 0. The molecule has 17 heavy (non-hydrogen) atoms. The van der Waals surface area contributed by atoms with Crippen LogP contribution in [0.15, 0.2) is 5.51 Å². The minimum absolute atomic E-state index is 0.744. The molecule has 1 atom stereocenters. The second-order valence-corrected chi connectivity index (χ2v) is 5.97. The molecule has 96 valence electrons. The van der Waals surface area contributed by atoms with Crippen LogP contribution < -0.4 is 5.32 Å². The molecule has 0 spiro atoms. The average molecular weight is 253 g/mol. The molecule has 2 heterocycles. The van der Waals surface area contributed by atoms with Crippen LogP contribution in [0, 0.1) is 6.92 Å². The monoisotopic (exact) mass is 253 g/mol. The SMILES string of the molecule is Cc1ncsc1CN(C)CCC1CCCCN1. The number of hydrogen-bond donors (Lipinski definition) is 1. The van der Waals surface area contributed by atoms with E-state index in [0.29, 0.717) is 0 Å². The van der Waals surface area contributed by atoms with Crippen LogP contribution in [0.4, 0.5) is 0 Å². The van der Waals surface area contributed by atoms with E-state index in [1.807, 2.05) is 5.51 Å². The van der Waals surface area contributed by atoms with Gasteiger partial charge in [-0.15, -0.1) is 11.3 Å². The van der Waals surface area contributed by atoms with Crippen molar-refractivity contribution in [2.45, 2.75) is 45.2 Å². The zero-order valence-corrected chi connectivity index (χ0v) is 11.7. The van der Waals surface area contributed by atoms with E-state index >= 15 is 0 Å². The smallest absolute Gasteiger partial charge is 0.0798 e. The fourth-order valence-corrected chi connectivity index (χ4v) is 3.21. The summed E-state index contributed by atoms with van der Waals surface area (Å²) in [4.78, 5) is 8.12. The first-order chi connectivity index (χ1) is 8.25. The molecular formula is C13H23N3S. The van der Waals surface area contributed by atoms with Crippen LogP contribution in [0.1, 0.15) is 36.3 Å².